The largest absolute Gasteiger partial charge is 0.444 e. The number of hydrogen-bond acceptors (Lipinski definition) is 5. The molecule has 8 nitrogen and oxygen atoms in total. The van der Waals surface area contributed by atoms with E-state index in [4.69, 9.17) is 4.74 Å². The average Bonchev–Trinajstić information content (AvgIpc) is 2.76. The lowest BCUT2D eigenvalue weighted by atomic mass is 9.96. The van der Waals surface area contributed by atoms with Crippen LogP contribution < -0.4 is 5.56 Å². The predicted octanol–water partition coefficient (Wildman–Crippen LogP) is 3.73. The van der Waals surface area contributed by atoms with Gasteiger partial charge in [-0.05, 0) is 71.6 Å². The molecule has 0 N–H and O–H groups in total. The van der Waals surface area contributed by atoms with Crippen LogP contribution in [0.2, 0.25) is 0 Å². The standard InChI is InChI=1S/C25H34N4O4/c1-18(2)28(24(32)33-25(3,4)5)17-19-10-9-15-27(16-19)23(31)21-13-14-22(30)29(26-21)20-11-7-6-8-12-20/h6-8,11-14,18-19H,9-10,15-17H2,1-5H3. The Morgan fingerprint density at radius 1 is 1.15 bits per heavy atom. The Kier molecular flexibility index (Phi) is 7.56. The van der Waals surface area contributed by atoms with Crippen molar-refractivity contribution in [1.82, 2.24) is 19.6 Å². The maximum Gasteiger partial charge on any atom is 0.410 e. The highest BCUT2D eigenvalue weighted by Crippen LogP contribution is 2.22. The Balaban J connectivity index is 1.73. The van der Waals surface area contributed by atoms with E-state index >= 15 is 0 Å². The highest BCUT2D eigenvalue weighted by molar-refractivity contribution is 5.92. The van der Waals surface area contributed by atoms with Gasteiger partial charge in [0.2, 0.25) is 0 Å². The van der Waals surface area contributed by atoms with E-state index in [2.05, 4.69) is 5.10 Å². The van der Waals surface area contributed by atoms with E-state index in [9.17, 15) is 14.4 Å². The first-order chi connectivity index (χ1) is 15.5. The molecule has 3 rings (SSSR count). The van der Waals surface area contributed by atoms with Crippen LogP contribution in [0.15, 0.2) is 47.3 Å². The molecule has 8 heteroatoms. The number of carbonyl (C=O) groups is 2. The van der Waals surface area contributed by atoms with Gasteiger partial charge in [-0.25, -0.2) is 4.79 Å². The molecule has 33 heavy (non-hydrogen) atoms. The fourth-order valence-electron chi connectivity index (χ4n) is 3.93. The van der Waals surface area contributed by atoms with Crippen molar-refractivity contribution in [2.45, 2.75) is 59.1 Å². The van der Waals surface area contributed by atoms with Crippen molar-refractivity contribution in [2.75, 3.05) is 19.6 Å². The van der Waals surface area contributed by atoms with Crippen LogP contribution in [0.5, 0.6) is 0 Å². The lowest BCUT2D eigenvalue weighted by Gasteiger charge is -2.37. The first-order valence-corrected chi connectivity index (χ1v) is 11.5. The topological polar surface area (TPSA) is 84.7 Å². The number of hydrogen-bond donors (Lipinski definition) is 0. The van der Waals surface area contributed by atoms with Gasteiger partial charge in [0.05, 0.1) is 5.69 Å². The third-order valence-corrected chi connectivity index (χ3v) is 5.53. The maximum atomic E-state index is 13.2. The average molecular weight is 455 g/mol. The highest BCUT2D eigenvalue weighted by atomic mass is 16.6. The van der Waals surface area contributed by atoms with Crippen molar-refractivity contribution in [2.24, 2.45) is 5.92 Å². The normalized spacial score (nSPS) is 16.5. The van der Waals surface area contributed by atoms with Crippen LogP contribution in [0.3, 0.4) is 0 Å². The third kappa shape index (κ3) is 6.43. The number of rotatable bonds is 5. The number of ether oxygens (including phenoxy) is 1. The summed E-state index contributed by atoms with van der Waals surface area (Å²) in [6, 6.07) is 11.9. The summed E-state index contributed by atoms with van der Waals surface area (Å²) < 4.78 is 6.82. The Morgan fingerprint density at radius 3 is 2.48 bits per heavy atom. The molecule has 0 radical (unpaired) electrons. The summed E-state index contributed by atoms with van der Waals surface area (Å²) in [7, 11) is 0. The summed E-state index contributed by atoms with van der Waals surface area (Å²) in [6.45, 7) is 11.2. The molecule has 1 aromatic heterocycles. The zero-order valence-corrected chi connectivity index (χ0v) is 20.2. The molecule has 0 spiro atoms. The van der Waals surface area contributed by atoms with Gasteiger partial charge in [-0.15, -0.1) is 0 Å². The number of piperidine rings is 1. The number of amides is 2. The number of aromatic nitrogens is 2. The number of para-hydroxylation sites is 1. The number of carbonyl (C=O) groups excluding carboxylic acids is 2. The molecule has 0 aliphatic carbocycles. The van der Waals surface area contributed by atoms with Crippen molar-refractivity contribution in [1.29, 1.82) is 0 Å². The van der Waals surface area contributed by atoms with Gasteiger partial charge in [0.1, 0.15) is 11.3 Å². The molecule has 1 aliphatic rings. The zero-order valence-electron chi connectivity index (χ0n) is 20.2. The minimum absolute atomic E-state index is 0.0120. The molecule has 1 fully saturated rings. The zero-order chi connectivity index (χ0) is 24.2. The lowest BCUT2D eigenvalue weighted by molar-refractivity contribution is 0.0123. The van der Waals surface area contributed by atoms with Gasteiger partial charge in [0.25, 0.3) is 11.5 Å². The second kappa shape index (κ2) is 10.2. The van der Waals surface area contributed by atoms with Crippen molar-refractivity contribution in [3.63, 3.8) is 0 Å². The van der Waals surface area contributed by atoms with Gasteiger partial charge in [-0.2, -0.15) is 9.78 Å². The van der Waals surface area contributed by atoms with E-state index in [0.717, 1.165) is 12.8 Å². The van der Waals surface area contributed by atoms with E-state index in [1.54, 1.807) is 21.9 Å². The van der Waals surface area contributed by atoms with Crippen LogP contribution in [0, 0.1) is 5.92 Å². The monoisotopic (exact) mass is 454 g/mol. The molecular weight excluding hydrogens is 420 g/mol. The molecule has 2 heterocycles. The lowest BCUT2D eigenvalue weighted by Crippen LogP contribution is -2.48. The van der Waals surface area contributed by atoms with E-state index in [1.165, 1.54) is 16.8 Å². The summed E-state index contributed by atoms with van der Waals surface area (Å²) in [5.74, 6) is -0.0737. The number of benzene rings is 1. The van der Waals surface area contributed by atoms with E-state index in [1.807, 2.05) is 52.8 Å². The van der Waals surface area contributed by atoms with Gasteiger partial charge in [-0.1, -0.05) is 18.2 Å². The molecule has 1 saturated heterocycles. The van der Waals surface area contributed by atoms with Gasteiger partial charge in [0, 0.05) is 31.7 Å². The molecule has 1 atom stereocenters. The summed E-state index contributed by atoms with van der Waals surface area (Å²) >= 11 is 0. The van der Waals surface area contributed by atoms with Crippen LogP contribution in [0.1, 0.15) is 57.9 Å². The van der Waals surface area contributed by atoms with Crippen LogP contribution in [0.4, 0.5) is 4.79 Å². The molecule has 1 unspecified atom stereocenters. The number of nitrogens with zero attached hydrogens (tertiary/aromatic N) is 4. The van der Waals surface area contributed by atoms with E-state index in [0.29, 0.717) is 25.3 Å². The Labute approximate surface area is 195 Å². The second-order valence-electron chi connectivity index (χ2n) is 9.79. The van der Waals surface area contributed by atoms with Crippen LogP contribution in [-0.2, 0) is 4.74 Å². The SMILES string of the molecule is CC(C)N(CC1CCCN(C(=O)c2ccc(=O)n(-c3ccccc3)n2)C1)C(=O)OC(C)(C)C. The van der Waals surface area contributed by atoms with Gasteiger partial charge in [-0.3, -0.25) is 9.59 Å². The summed E-state index contributed by atoms with van der Waals surface area (Å²) in [5, 5.41) is 4.33. The molecule has 2 aromatic rings. The minimum Gasteiger partial charge on any atom is -0.444 e. The van der Waals surface area contributed by atoms with E-state index < -0.39 is 5.60 Å². The smallest absolute Gasteiger partial charge is 0.410 e. The van der Waals surface area contributed by atoms with Crippen molar-refractivity contribution in [3.8, 4) is 5.69 Å². The molecule has 178 valence electrons. The molecule has 1 aromatic carbocycles. The number of likely N-dealkylation sites (tertiary alicyclic amines) is 1. The molecule has 0 saturated carbocycles. The Hall–Kier alpha value is -3.16. The molecule has 2 amide bonds. The van der Waals surface area contributed by atoms with Crippen LogP contribution in [0.25, 0.3) is 5.69 Å². The Bertz CT molecular complexity index is 1030. The fraction of sp³-hybridized carbons (Fsp3) is 0.520. The summed E-state index contributed by atoms with van der Waals surface area (Å²) in [5.41, 5.74) is -0.0171. The van der Waals surface area contributed by atoms with Gasteiger partial charge in [0.15, 0.2) is 0 Å². The second-order valence-corrected chi connectivity index (χ2v) is 9.79. The third-order valence-electron chi connectivity index (χ3n) is 5.53. The fourth-order valence-corrected chi connectivity index (χ4v) is 3.93. The quantitative estimate of drug-likeness (QED) is 0.687. The van der Waals surface area contributed by atoms with Crippen LogP contribution >= 0.6 is 0 Å². The summed E-state index contributed by atoms with van der Waals surface area (Å²) in [6.07, 6.45) is 1.43. The van der Waals surface area contributed by atoms with Gasteiger partial charge >= 0.3 is 6.09 Å². The van der Waals surface area contributed by atoms with Crippen molar-refractivity contribution >= 4 is 12.0 Å². The maximum absolute atomic E-state index is 13.2. The minimum atomic E-state index is -0.563. The van der Waals surface area contributed by atoms with Crippen LogP contribution in [-0.4, -0.2) is 62.9 Å². The first-order valence-electron chi connectivity index (χ1n) is 11.5. The first kappa shape index (κ1) is 24.5. The Morgan fingerprint density at radius 2 is 1.85 bits per heavy atom. The predicted molar refractivity (Wildman–Crippen MR) is 127 cm³/mol. The molecule has 1 aliphatic heterocycles. The molecular formula is C25H34N4O4. The van der Waals surface area contributed by atoms with Gasteiger partial charge < -0.3 is 14.5 Å². The van der Waals surface area contributed by atoms with E-state index in [-0.39, 0.29) is 35.2 Å². The van der Waals surface area contributed by atoms with Crippen molar-refractivity contribution in [3.05, 3.63) is 58.5 Å². The highest BCUT2D eigenvalue weighted by Gasteiger charge is 2.31. The van der Waals surface area contributed by atoms with Crippen molar-refractivity contribution < 1.29 is 14.3 Å². The summed E-state index contributed by atoms with van der Waals surface area (Å²) in [4.78, 5) is 41.7. The molecule has 0 bridgehead atoms.